The summed E-state index contributed by atoms with van der Waals surface area (Å²) in [5.41, 5.74) is 1.69. The molecule has 3 N–H and O–H groups in total. The molecule has 176 valence electrons. The molecule has 0 aromatic heterocycles. The number of aliphatic hydroxyl groups excluding tert-OH is 1. The van der Waals surface area contributed by atoms with E-state index in [0.29, 0.717) is 48.1 Å². The van der Waals surface area contributed by atoms with Gasteiger partial charge in [0.25, 0.3) is 5.91 Å². The van der Waals surface area contributed by atoms with Gasteiger partial charge in [0.1, 0.15) is 5.82 Å². The van der Waals surface area contributed by atoms with Crippen LogP contribution in [0.15, 0.2) is 42.5 Å². The Labute approximate surface area is 197 Å². The highest BCUT2D eigenvalue weighted by Crippen LogP contribution is 2.30. The van der Waals surface area contributed by atoms with Crippen molar-refractivity contribution in [3.63, 3.8) is 0 Å². The van der Waals surface area contributed by atoms with Crippen molar-refractivity contribution >= 4 is 34.8 Å². The smallest absolute Gasteiger partial charge is 0.253 e. The number of nitrogens with zero attached hydrogens (tertiary/aromatic N) is 2. The summed E-state index contributed by atoms with van der Waals surface area (Å²) in [6.07, 6.45) is 0.923. The second kappa shape index (κ2) is 10.1. The van der Waals surface area contributed by atoms with Crippen LogP contribution in [-0.4, -0.2) is 66.2 Å². The molecule has 2 amide bonds. The van der Waals surface area contributed by atoms with Gasteiger partial charge in [-0.2, -0.15) is 0 Å². The van der Waals surface area contributed by atoms with E-state index in [1.807, 2.05) is 9.80 Å². The molecule has 2 fully saturated rings. The Morgan fingerprint density at radius 2 is 1.79 bits per heavy atom. The number of anilines is 2. The van der Waals surface area contributed by atoms with Crippen LogP contribution >= 0.6 is 11.6 Å². The minimum absolute atomic E-state index is 0.00574. The number of rotatable bonds is 5. The van der Waals surface area contributed by atoms with E-state index in [2.05, 4.69) is 10.6 Å². The van der Waals surface area contributed by atoms with Crippen LogP contribution in [0.2, 0.25) is 5.02 Å². The van der Waals surface area contributed by atoms with Crippen molar-refractivity contribution in [1.29, 1.82) is 0 Å². The van der Waals surface area contributed by atoms with Gasteiger partial charge in [0.05, 0.1) is 23.5 Å². The van der Waals surface area contributed by atoms with Crippen molar-refractivity contribution < 1.29 is 19.1 Å². The lowest BCUT2D eigenvalue weighted by atomic mass is 10.0. The van der Waals surface area contributed by atoms with E-state index in [0.717, 1.165) is 12.8 Å². The highest BCUT2D eigenvalue weighted by Gasteiger charge is 2.35. The maximum Gasteiger partial charge on any atom is 0.253 e. The zero-order valence-electron chi connectivity index (χ0n) is 18.4. The highest BCUT2D eigenvalue weighted by molar-refractivity contribution is 6.30. The van der Waals surface area contributed by atoms with E-state index in [9.17, 15) is 19.1 Å². The molecule has 0 radical (unpaired) electrons. The number of β-amino-alcohol motifs (C(OH)–C–C–N with tert-alkyl or cyclic N) is 1. The van der Waals surface area contributed by atoms with E-state index in [1.165, 1.54) is 25.1 Å². The highest BCUT2D eigenvalue weighted by atomic mass is 35.5. The zero-order valence-corrected chi connectivity index (χ0v) is 19.2. The predicted molar refractivity (Wildman–Crippen MR) is 126 cm³/mol. The van der Waals surface area contributed by atoms with Crippen LogP contribution in [0.5, 0.6) is 0 Å². The molecule has 0 saturated carbocycles. The second-order valence-corrected chi connectivity index (χ2v) is 9.10. The Hall–Kier alpha value is -2.68. The predicted octanol–water partition coefficient (Wildman–Crippen LogP) is 2.88. The maximum absolute atomic E-state index is 13.9. The Bertz CT molecular complexity index is 1010. The number of likely N-dealkylation sites (tertiary alicyclic amines) is 1. The molecule has 2 aromatic rings. The first-order chi connectivity index (χ1) is 15.8. The Morgan fingerprint density at radius 3 is 2.45 bits per heavy atom. The number of aliphatic hydroxyl groups is 1. The summed E-state index contributed by atoms with van der Waals surface area (Å²) in [6.45, 7) is 3.48. The van der Waals surface area contributed by atoms with Crippen LogP contribution in [0, 0.1) is 5.82 Å². The average Bonchev–Trinajstić information content (AvgIpc) is 3.15. The van der Waals surface area contributed by atoms with Crippen molar-refractivity contribution in [1.82, 2.24) is 10.2 Å². The Balaban J connectivity index is 1.34. The second-order valence-electron chi connectivity index (χ2n) is 8.66. The molecule has 0 unspecified atom stereocenters. The van der Waals surface area contributed by atoms with Gasteiger partial charge in [-0.3, -0.25) is 9.59 Å². The lowest BCUT2D eigenvalue weighted by Crippen LogP contribution is -2.50. The molecular weight excluding hydrogens is 447 g/mol. The third-order valence-corrected chi connectivity index (χ3v) is 6.48. The number of carbonyl (C=O) groups excluding carboxylic acids is 2. The van der Waals surface area contributed by atoms with Crippen LogP contribution in [0.25, 0.3) is 0 Å². The van der Waals surface area contributed by atoms with Crippen LogP contribution < -0.4 is 15.5 Å². The molecule has 2 aliphatic rings. The summed E-state index contributed by atoms with van der Waals surface area (Å²) < 4.78 is 13.9. The van der Waals surface area contributed by atoms with Crippen LogP contribution in [0.3, 0.4) is 0 Å². The molecule has 0 bridgehead atoms. The van der Waals surface area contributed by atoms with Gasteiger partial charge in [-0.05, 0) is 55.3 Å². The number of piperidine rings is 1. The fraction of sp³-hybridized carbons (Fsp3) is 0.417. The van der Waals surface area contributed by atoms with Crippen LogP contribution in [0.1, 0.15) is 30.1 Å². The number of hydrogen-bond acceptors (Lipinski definition) is 5. The summed E-state index contributed by atoms with van der Waals surface area (Å²) in [4.78, 5) is 27.9. The molecule has 7 nitrogen and oxygen atoms in total. The normalized spacial score (nSPS) is 21.3. The maximum atomic E-state index is 13.9. The molecule has 2 aromatic carbocycles. The van der Waals surface area contributed by atoms with E-state index < -0.39 is 11.9 Å². The van der Waals surface area contributed by atoms with Crippen molar-refractivity contribution in [2.24, 2.45) is 0 Å². The lowest BCUT2D eigenvalue weighted by molar-refractivity contribution is -0.114. The van der Waals surface area contributed by atoms with Gasteiger partial charge in [0.15, 0.2) is 0 Å². The molecular formula is C24H28ClFN4O3. The first kappa shape index (κ1) is 23.5. The molecule has 2 heterocycles. The van der Waals surface area contributed by atoms with Gasteiger partial charge in [-0.25, -0.2) is 4.39 Å². The number of hydrogen-bond donors (Lipinski definition) is 3. The third kappa shape index (κ3) is 5.63. The molecule has 0 spiro atoms. The van der Waals surface area contributed by atoms with Crippen LogP contribution in [0.4, 0.5) is 15.8 Å². The van der Waals surface area contributed by atoms with Gasteiger partial charge in [0.2, 0.25) is 5.91 Å². The summed E-state index contributed by atoms with van der Waals surface area (Å²) in [6, 6.07) is 11.1. The summed E-state index contributed by atoms with van der Waals surface area (Å²) in [5.74, 6) is -0.645. The van der Waals surface area contributed by atoms with E-state index >= 15 is 0 Å². The minimum atomic E-state index is -0.632. The van der Waals surface area contributed by atoms with Gasteiger partial charge >= 0.3 is 0 Å². The SMILES string of the molecule is CC(=O)Nc1ccc(F)cc1N1C[C@@H](O)[C@H](NC2CCN(C(=O)c3ccc(Cl)cc3)CC2)C1. The zero-order chi connectivity index (χ0) is 23.5. The minimum Gasteiger partial charge on any atom is -0.390 e. The molecule has 0 aliphatic carbocycles. The fourth-order valence-electron chi connectivity index (χ4n) is 4.54. The molecule has 2 saturated heterocycles. The number of amides is 2. The van der Waals surface area contributed by atoms with Crippen molar-refractivity contribution in [2.75, 3.05) is 36.4 Å². The van der Waals surface area contributed by atoms with E-state index in [1.54, 1.807) is 24.3 Å². The summed E-state index contributed by atoms with van der Waals surface area (Å²) in [5, 5.41) is 17.5. The number of benzene rings is 2. The summed E-state index contributed by atoms with van der Waals surface area (Å²) >= 11 is 5.91. The summed E-state index contributed by atoms with van der Waals surface area (Å²) in [7, 11) is 0. The van der Waals surface area contributed by atoms with Gasteiger partial charge in [-0.1, -0.05) is 11.6 Å². The van der Waals surface area contributed by atoms with Gasteiger partial charge < -0.3 is 25.5 Å². The molecule has 33 heavy (non-hydrogen) atoms. The van der Waals surface area contributed by atoms with Crippen molar-refractivity contribution in [3.8, 4) is 0 Å². The van der Waals surface area contributed by atoms with Crippen LogP contribution in [-0.2, 0) is 4.79 Å². The van der Waals surface area contributed by atoms with E-state index in [4.69, 9.17) is 11.6 Å². The first-order valence-electron chi connectivity index (χ1n) is 11.1. The largest absolute Gasteiger partial charge is 0.390 e. The van der Waals surface area contributed by atoms with Crippen molar-refractivity contribution in [2.45, 2.75) is 38.0 Å². The fourth-order valence-corrected chi connectivity index (χ4v) is 4.66. The molecule has 9 heteroatoms. The molecule has 2 atom stereocenters. The molecule has 4 rings (SSSR count). The average molecular weight is 475 g/mol. The van der Waals surface area contributed by atoms with Gasteiger partial charge in [-0.15, -0.1) is 0 Å². The number of nitrogens with one attached hydrogen (secondary N) is 2. The Kier molecular flexibility index (Phi) is 7.17. The van der Waals surface area contributed by atoms with E-state index in [-0.39, 0.29) is 23.9 Å². The monoisotopic (exact) mass is 474 g/mol. The quantitative estimate of drug-likeness (QED) is 0.620. The Morgan fingerprint density at radius 1 is 1.09 bits per heavy atom. The van der Waals surface area contributed by atoms with Gasteiger partial charge in [0, 0.05) is 49.7 Å². The van der Waals surface area contributed by atoms with Crippen molar-refractivity contribution in [3.05, 3.63) is 58.9 Å². The number of carbonyl (C=O) groups is 2. The third-order valence-electron chi connectivity index (χ3n) is 6.22. The topological polar surface area (TPSA) is 84.9 Å². The molecule has 2 aliphatic heterocycles. The number of halogens is 2. The first-order valence-corrected chi connectivity index (χ1v) is 11.5. The lowest BCUT2D eigenvalue weighted by Gasteiger charge is -2.34. The standard InChI is InChI=1S/C24H28ClFN4O3/c1-15(31)27-20-7-6-18(26)12-22(20)30-13-21(23(32)14-30)28-19-8-10-29(11-9-19)24(33)16-2-4-17(25)5-3-16/h2-7,12,19,21,23,28,32H,8-11,13-14H2,1H3,(H,27,31)/t21-,23-/m1/s1.